The molecule has 1 rings (SSSR count). The van der Waals surface area contributed by atoms with E-state index < -0.39 is 22.5 Å². The number of likely N-dealkylation sites (N-methyl/N-ethyl adjacent to an activating group) is 1. The molecule has 0 heterocycles. The van der Waals surface area contributed by atoms with Crippen molar-refractivity contribution in [3.8, 4) is 0 Å². The number of nitrogens with zero attached hydrogens (tertiary/aromatic N) is 1. The number of anilines is 1. The van der Waals surface area contributed by atoms with E-state index in [1.165, 1.54) is 38.2 Å². The van der Waals surface area contributed by atoms with Crippen molar-refractivity contribution in [2.45, 2.75) is 11.8 Å². The second kappa shape index (κ2) is 5.81. The summed E-state index contributed by atoms with van der Waals surface area (Å²) in [5, 5.41) is 11.1. The minimum absolute atomic E-state index is 0.0367. The summed E-state index contributed by atoms with van der Waals surface area (Å²) in [5.41, 5.74) is 0.465. The first-order valence-corrected chi connectivity index (χ1v) is 6.73. The Bertz CT molecular complexity index is 580. The maximum atomic E-state index is 12.0. The highest BCUT2D eigenvalue weighted by Gasteiger charge is 2.22. The predicted molar refractivity (Wildman–Crippen MR) is 68.2 cm³/mol. The molecule has 0 spiro atoms. The molecule has 0 aliphatic rings. The molecule has 7 nitrogen and oxygen atoms in total. The van der Waals surface area contributed by atoms with E-state index in [0.29, 0.717) is 5.69 Å². The minimum atomic E-state index is -3.84. The molecule has 0 saturated carbocycles. The van der Waals surface area contributed by atoms with Crippen LogP contribution in [0, 0.1) is 0 Å². The molecule has 0 fully saturated rings. The quantitative estimate of drug-likeness (QED) is 0.812. The lowest BCUT2D eigenvalue weighted by Crippen LogP contribution is -2.32. The zero-order valence-corrected chi connectivity index (χ0v) is 11.3. The van der Waals surface area contributed by atoms with Gasteiger partial charge in [-0.15, -0.1) is 0 Å². The summed E-state index contributed by atoms with van der Waals surface area (Å²) in [7, 11) is -2.65. The summed E-state index contributed by atoms with van der Waals surface area (Å²) in [6.07, 6.45) is 0. The molecule has 0 aromatic heterocycles. The highest BCUT2D eigenvalue weighted by molar-refractivity contribution is 7.89. The highest BCUT2D eigenvalue weighted by atomic mass is 32.2. The fourth-order valence-electron chi connectivity index (χ4n) is 1.37. The number of benzene rings is 1. The first-order valence-electron chi connectivity index (χ1n) is 5.29. The van der Waals surface area contributed by atoms with E-state index in [9.17, 15) is 18.0 Å². The van der Waals surface area contributed by atoms with Crippen molar-refractivity contribution in [1.29, 1.82) is 0 Å². The molecular weight excluding hydrogens is 272 g/mol. The van der Waals surface area contributed by atoms with Gasteiger partial charge in [0.05, 0.1) is 4.90 Å². The van der Waals surface area contributed by atoms with Gasteiger partial charge >= 0.3 is 5.97 Å². The maximum absolute atomic E-state index is 12.0. The predicted octanol–water partition coefficient (Wildman–Crippen LogP) is 0.350. The molecule has 0 saturated heterocycles. The van der Waals surface area contributed by atoms with E-state index in [2.05, 4.69) is 5.32 Å². The summed E-state index contributed by atoms with van der Waals surface area (Å²) >= 11 is 0. The van der Waals surface area contributed by atoms with Gasteiger partial charge in [0, 0.05) is 19.7 Å². The van der Waals surface area contributed by atoms with Gasteiger partial charge in [-0.1, -0.05) is 0 Å². The number of nitrogens with one attached hydrogen (secondary N) is 1. The molecule has 0 aliphatic heterocycles. The molecule has 0 atom stereocenters. The van der Waals surface area contributed by atoms with Crippen LogP contribution in [0.1, 0.15) is 6.92 Å². The number of hydrogen-bond acceptors (Lipinski definition) is 4. The van der Waals surface area contributed by atoms with E-state index in [0.717, 1.165) is 4.31 Å². The van der Waals surface area contributed by atoms with Crippen molar-refractivity contribution in [3.05, 3.63) is 24.3 Å². The molecule has 0 unspecified atom stereocenters. The molecule has 8 heteroatoms. The fourth-order valence-corrected chi connectivity index (χ4v) is 2.49. The van der Waals surface area contributed by atoms with Crippen LogP contribution in [0.15, 0.2) is 29.2 Å². The van der Waals surface area contributed by atoms with Crippen molar-refractivity contribution in [3.63, 3.8) is 0 Å². The lowest BCUT2D eigenvalue weighted by atomic mass is 10.3. The van der Waals surface area contributed by atoms with Gasteiger partial charge in [-0.2, -0.15) is 4.31 Å². The zero-order valence-electron chi connectivity index (χ0n) is 10.5. The second-order valence-electron chi connectivity index (χ2n) is 3.86. The Hall–Kier alpha value is -1.93. The van der Waals surface area contributed by atoms with Crippen LogP contribution in [0.5, 0.6) is 0 Å². The molecule has 0 aliphatic carbocycles. The standard InChI is InChI=1S/C11H14N2O5S/c1-8(14)12-9-3-5-10(6-4-9)19(17,18)13(2)7-11(15)16/h3-6H,7H2,1-2H3,(H,12,14)(H,15,16). The molecule has 19 heavy (non-hydrogen) atoms. The van der Waals surface area contributed by atoms with Crippen LogP contribution < -0.4 is 5.32 Å². The molecule has 1 amide bonds. The normalized spacial score (nSPS) is 11.3. The minimum Gasteiger partial charge on any atom is -0.480 e. The number of carboxylic acids is 1. The first-order chi connectivity index (χ1) is 8.73. The number of rotatable bonds is 5. The molecular formula is C11H14N2O5S. The number of carbonyl (C=O) groups excluding carboxylic acids is 1. The first kappa shape index (κ1) is 15.1. The molecule has 2 N–H and O–H groups in total. The number of carbonyl (C=O) groups is 2. The van der Waals surface area contributed by atoms with Gasteiger partial charge in [-0.25, -0.2) is 8.42 Å². The highest BCUT2D eigenvalue weighted by Crippen LogP contribution is 2.17. The van der Waals surface area contributed by atoms with Gasteiger partial charge in [-0.05, 0) is 24.3 Å². The van der Waals surface area contributed by atoms with Crippen LogP contribution in [0.25, 0.3) is 0 Å². The molecule has 1 aromatic rings. The third-order valence-corrected chi connectivity index (χ3v) is 4.06. The Morgan fingerprint density at radius 2 is 1.79 bits per heavy atom. The van der Waals surface area contributed by atoms with Crippen LogP contribution >= 0.6 is 0 Å². The van der Waals surface area contributed by atoms with Crippen LogP contribution in [0.4, 0.5) is 5.69 Å². The molecule has 1 aromatic carbocycles. The Balaban J connectivity index is 2.96. The Morgan fingerprint density at radius 3 is 2.21 bits per heavy atom. The lowest BCUT2D eigenvalue weighted by Gasteiger charge is -2.15. The van der Waals surface area contributed by atoms with Gasteiger partial charge in [0.1, 0.15) is 6.54 Å². The van der Waals surface area contributed by atoms with Crippen molar-refractivity contribution >= 4 is 27.6 Å². The van der Waals surface area contributed by atoms with Crippen molar-refractivity contribution < 1.29 is 23.1 Å². The van der Waals surface area contributed by atoms with Crippen molar-refractivity contribution in [2.75, 3.05) is 18.9 Å². The van der Waals surface area contributed by atoms with Crippen molar-refractivity contribution in [1.82, 2.24) is 4.31 Å². The lowest BCUT2D eigenvalue weighted by molar-refractivity contribution is -0.137. The SMILES string of the molecule is CC(=O)Nc1ccc(S(=O)(=O)N(C)CC(=O)O)cc1. The summed E-state index contributed by atoms with van der Waals surface area (Å²) in [4.78, 5) is 21.3. The smallest absolute Gasteiger partial charge is 0.318 e. The van der Waals surface area contributed by atoms with E-state index >= 15 is 0 Å². The van der Waals surface area contributed by atoms with E-state index in [4.69, 9.17) is 5.11 Å². The topological polar surface area (TPSA) is 104 Å². The summed E-state index contributed by atoms with van der Waals surface area (Å²) in [5.74, 6) is -1.50. The third kappa shape index (κ3) is 4.04. The van der Waals surface area contributed by atoms with Crippen molar-refractivity contribution in [2.24, 2.45) is 0 Å². The maximum Gasteiger partial charge on any atom is 0.318 e. The van der Waals surface area contributed by atoms with Gasteiger partial charge in [0.25, 0.3) is 0 Å². The number of amides is 1. The number of aliphatic carboxylic acids is 1. The monoisotopic (exact) mass is 286 g/mol. The number of hydrogen-bond donors (Lipinski definition) is 2. The van der Waals surface area contributed by atoms with Gasteiger partial charge < -0.3 is 10.4 Å². The Labute approximate surface area is 110 Å². The van der Waals surface area contributed by atoms with Gasteiger partial charge in [0.15, 0.2) is 0 Å². The van der Waals surface area contributed by atoms with E-state index in [1.807, 2.05) is 0 Å². The van der Waals surface area contributed by atoms with Crippen LogP contribution in [-0.4, -0.2) is 43.3 Å². The molecule has 0 bridgehead atoms. The Kier molecular flexibility index (Phi) is 4.62. The average Bonchev–Trinajstić information content (AvgIpc) is 2.27. The summed E-state index contributed by atoms with van der Waals surface area (Å²) in [6.45, 7) is 0.723. The van der Waals surface area contributed by atoms with E-state index in [1.54, 1.807) is 0 Å². The largest absolute Gasteiger partial charge is 0.480 e. The van der Waals surface area contributed by atoms with Gasteiger partial charge in [0.2, 0.25) is 15.9 Å². The van der Waals surface area contributed by atoms with Crippen LogP contribution in [0.3, 0.4) is 0 Å². The Morgan fingerprint density at radius 1 is 1.26 bits per heavy atom. The third-order valence-electron chi connectivity index (χ3n) is 2.24. The summed E-state index contributed by atoms with van der Waals surface area (Å²) in [6, 6.07) is 5.48. The van der Waals surface area contributed by atoms with Crippen LogP contribution in [-0.2, 0) is 19.6 Å². The number of sulfonamides is 1. The molecule has 0 radical (unpaired) electrons. The van der Waals surface area contributed by atoms with Crippen LogP contribution in [0.2, 0.25) is 0 Å². The average molecular weight is 286 g/mol. The fraction of sp³-hybridized carbons (Fsp3) is 0.273. The zero-order chi connectivity index (χ0) is 14.6. The second-order valence-corrected chi connectivity index (χ2v) is 5.91. The number of carboxylic acid groups (broad SMARTS) is 1. The van der Waals surface area contributed by atoms with E-state index in [-0.39, 0.29) is 10.8 Å². The molecule has 104 valence electrons. The van der Waals surface area contributed by atoms with Gasteiger partial charge in [-0.3, -0.25) is 9.59 Å². The summed E-state index contributed by atoms with van der Waals surface area (Å²) < 4.78 is 24.7.